The zero-order valence-corrected chi connectivity index (χ0v) is 22.7. The number of benzene rings is 1. The van der Waals surface area contributed by atoms with E-state index in [1.165, 1.54) is 6.92 Å². The van der Waals surface area contributed by atoms with E-state index in [0.717, 1.165) is 0 Å². The monoisotopic (exact) mass is 576 g/mol. The summed E-state index contributed by atoms with van der Waals surface area (Å²) in [6.07, 6.45) is -9.67. The van der Waals surface area contributed by atoms with Crippen molar-refractivity contribution in [3.63, 3.8) is 0 Å². The minimum atomic E-state index is -2.45. The molecule has 6 fully saturated rings. The molecule has 0 amide bonds. The topological polar surface area (TPSA) is 167 Å². The minimum Gasteiger partial charge on any atom is -0.456 e. The van der Waals surface area contributed by atoms with E-state index in [2.05, 4.69) is 0 Å². The third-order valence-corrected chi connectivity index (χ3v) is 10.3. The largest absolute Gasteiger partial charge is 0.456 e. The summed E-state index contributed by atoms with van der Waals surface area (Å²) < 4.78 is 34.8. The number of hydrogen-bond acceptors (Lipinski definition) is 13. The Bertz CT molecular complexity index is 1360. The maximum atomic E-state index is 13.8. The Kier molecular flexibility index (Phi) is 4.90. The van der Waals surface area contributed by atoms with Gasteiger partial charge in [-0.1, -0.05) is 39.0 Å². The molecule has 0 radical (unpaired) electrons. The number of para-hydroxylation sites is 1. The highest BCUT2D eigenvalue weighted by Gasteiger charge is 3.05. The Balaban J connectivity index is 1.46. The van der Waals surface area contributed by atoms with Crippen LogP contribution in [0.2, 0.25) is 0 Å². The number of aliphatic hydroxyl groups excluding tert-OH is 2. The minimum absolute atomic E-state index is 0.324. The maximum absolute atomic E-state index is 13.8. The molecule has 3 N–H and O–H groups in total. The first-order valence-corrected chi connectivity index (χ1v) is 13.4. The zero-order chi connectivity index (χ0) is 28.8. The van der Waals surface area contributed by atoms with Crippen molar-refractivity contribution in [3.05, 3.63) is 30.3 Å². The molecule has 6 aliphatic rings. The van der Waals surface area contributed by atoms with Crippen LogP contribution in [-0.2, 0) is 38.1 Å². The van der Waals surface area contributed by atoms with Crippen LogP contribution in [0.5, 0.6) is 5.75 Å². The van der Waals surface area contributed by atoms with Crippen LogP contribution in [0, 0.1) is 28.1 Å². The number of fused-ring (bicyclic) bond motifs is 1. The van der Waals surface area contributed by atoms with Crippen molar-refractivity contribution in [2.75, 3.05) is 0 Å². The maximum Gasteiger partial charge on any atom is 0.358 e. The lowest BCUT2D eigenvalue weighted by molar-refractivity contribution is -0.240. The molecule has 0 bridgehead atoms. The Morgan fingerprint density at radius 2 is 1.68 bits per heavy atom. The molecule has 12 nitrogen and oxygen atoms in total. The fourth-order valence-electron chi connectivity index (χ4n) is 9.09. The fraction of sp³-hybridized carbons (Fsp3) is 0.630. The van der Waals surface area contributed by atoms with Crippen LogP contribution in [0.3, 0.4) is 0 Å². The van der Waals surface area contributed by atoms with E-state index in [1.54, 1.807) is 51.1 Å². The summed E-state index contributed by atoms with van der Waals surface area (Å²) in [5.41, 5.74) is -9.61. The van der Waals surface area contributed by atoms with Gasteiger partial charge in [-0.2, -0.15) is 0 Å². The molecule has 7 unspecified atom stereocenters. The van der Waals surface area contributed by atoms with E-state index in [0.29, 0.717) is 5.75 Å². The van der Waals surface area contributed by atoms with Crippen molar-refractivity contribution in [2.24, 2.45) is 28.1 Å². The van der Waals surface area contributed by atoms with Gasteiger partial charge in [0, 0.05) is 18.1 Å². The Morgan fingerprint density at radius 1 is 1.00 bits per heavy atom. The molecule has 214 valence electrons. The Morgan fingerprint density at radius 3 is 2.33 bits per heavy atom. The summed E-state index contributed by atoms with van der Waals surface area (Å²) in [6.45, 7) is 6.74. The predicted molar refractivity (Wildman–Crippen MR) is 132 cm³/mol. The van der Waals surface area contributed by atoms with Gasteiger partial charge in [0.2, 0.25) is 18.0 Å². The van der Waals surface area contributed by atoms with Crippen LogP contribution in [0.1, 0.15) is 27.7 Å². The molecule has 2 saturated carbocycles. The van der Waals surface area contributed by atoms with E-state index in [9.17, 15) is 29.7 Å². The van der Waals surface area contributed by atoms with Crippen LogP contribution in [-0.4, -0.2) is 86.5 Å². The van der Waals surface area contributed by atoms with Gasteiger partial charge in [0.25, 0.3) is 0 Å². The van der Waals surface area contributed by atoms with Crippen LogP contribution < -0.4 is 4.74 Å². The van der Waals surface area contributed by atoms with E-state index >= 15 is 0 Å². The SMILES string of the molecule is C[C@@H]1C(=O)OC2C(O)C34C5OC(=O)[C@]3(OC3OC(=O)[C@H](OC(=S)Oc6ccccc6)C34C(C(C)(C)C)[C@H]5O)[C@]21O. The summed E-state index contributed by atoms with van der Waals surface area (Å²) >= 11 is 5.35. The molecule has 7 rings (SSSR count). The van der Waals surface area contributed by atoms with Gasteiger partial charge in [-0.3, -0.25) is 4.79 Å². The van der Waals surface area contributed by atoms with Crippen LogP contribution in [0.4, 0.5) is 0 Å². The Hall–Kier alpha value is -2.84. The number of ether oxygens (including phenoxy) is 6. The smallest absolute Gasteiger partial charge is 0.358 e. The van der Waals surface area contributed by atoms with Gasteiger partial charge in [-0.25, -0.2) is 9.59 Å². The van der Waals surface area contributed by atoms with Gasteiger partial charge in [0.15, 0.2) is 11.7 Å². The summed E-state index contributed by atoms with van der Waals surface area (Å²) in [6, 6.07) is 8.43. The highest BCUT2D eigenvalue weighted by atomic mass is 32.1. The number of esters is 3. The van der Waals surface area contributed by atoms with E-state index in [-0.39, 0.29) is 0 Å². The van der Waals surface area contributed by atoms with Crippen LogP contribution in [0.25, 0.3) is 0 Å². The standard InChI is InChI=1S/C27H28O12S/c1-10-18(30)35-16-14(29)25-15-12(28)13(23(2,3)4)24(25)17(37-22(40)34-11-8-6-5-7-9-11)19(31)38-21(24)39-27(25,20(32)36-15)26(10,16)33/h5-10,12-17,21,28-29,33H,1-4H3/t10-,12-,13?,14?,15?,16?,17+,21?,24?,25?,26-,27-/m1/s1. The first-order valence-electron chi connectivity index (χ1n) is 13.0. The highest BCUT2D eigenvalue weighted by molar-refractivity contribution is 7.79. The lowest BCUT2D eigenvalue weighted by Crippen LogP contribution is -2.67. The molecule has 2 spiro atoms. The third-order valence-electron chi connectivity index (χ3n) is 10.1. The number of hydrogen-bond donors (Lipinski definition) is 3. The fourth-order valence-corrected chi connectivity index (χ4v) is 9.28. The molecule has 4 heterocycles. The lowest BCUT2D eigenvalue weighted by Gasteiger charge is -2.48. The van der Waals surface area contributed by atoms with E-state index in [1.807, 2.05) is 0 Å². The van der Waals surface area contributed by atoms with Gasteiger partial charge in [-0.15, -0.1) is 0 Å². The highest BCUT2D eigenvalue weighted by Crippen LogP contribution is 2.84. The quantitative estimate of drug-likeness (QED) is 0.245. The van der Waals surface area contributed by atoms with Crippen LogP contribution in [0.15, 0.2) is 30.3 Å². The van der Waals surface area contributed by atoms with Gasteiger partial charge in [0.05, 0.1) is 17.4 Å². The van der Waals surface area contributed by atoms with Gasteiger partial charge >= 0.3 is 23.1 Å². The van der Waals surface area contributed by atoms with Crippen molar-refractivity contribution < 1.29 is 58.1 Å². The Labute approximate surface area is 233 Å². The molecule has 13 heteroatoms. The molecule has 4 aliphatic heterocycles. The summed E-state index contributed by atoms with van der Waals surface area (Å²) in [5.74, 6) is -4.89. The average molecular weight is 577 g/mol. The predicted octanol–water partition coefficient (Wildman–Crippen LogP) is -0.0105. The average Bonchev–Trinajstić information content (AvgIpc) is 3.57. The first kappa shape index (κ1) is 26.1. The number of rotatable bonds is 2. The van der Waals surface area contributed by atoms with Gasteiger partial charge in [0.1, 0.15) is 23.4 Å². The summed E-state index contributed by atoms with van der Waals surface area (Å²) in [7, 11) is 0. The molecule has 12 atom stereocenters. The number of aliphatic hydroxyl groups is 3. The normalized spacial score (nSPS) is 49.5. The second-order valence-electron chi connectivity index (χ2n) is 12.5. The number of carbonyl (C=O) groups is 3. The zero-order valence-electron chi connectivity index (χ0n) is 21.9. The molecule has 1 aromatic rings. The molecule has 40 heavy (non-hydrogen) atoms. The molecule has 4 saturated heterocycles. The van der Waals surface area contributed by atoms with E-state index in [4.69, 9.17) is 40.6 Å². The second kappa shape index (κ2) is 7.51. The van der Waals surface area contributed by atoms with Crippen molar-refractivity contribution in [1.29, 1.82) is 0 Å². The van der Waals surface area contributed by atoms with Crippen molar-refractivity contribution in [1.82, 2.24) is 0 Å². The van der Waals surface area contributed by atoms with Gasteiger partial charge in [-0.05, 0) is 24.5 Å². The van der Waals surface area contributed by atoms with E-state index < -0.39 is 99.2 Å². The first-order chi connectivity index (χ1) is 18.7. The third kappa shape index (κ3) is 2.38. The van der Waals surface area contributed by atoms with Crippen molar-refractivity contribution >= 4 is 35.4 Å². The summed E-state index contributed by atoms with van der Waals surface area (Å²) in [5, 5.41) is 35.7. The molecule has 2 aliphatic carbocycles. The molecule has 0 aromatic heterocycles. The number of thiocarbonyl (C=S) groups is 1. The van der Waals surface area contributed by atoms with Crippen LogP contribution >= 0.6 is 12.2 Å². The van der Waals surface area contributed by atoms with Gasteiger partial charge < -0.3 is 43.7 Å². The molecular formula is C27H28O12S. The molecule has 1 aromatic carbocycles. The summed E-state index contributed by atoms with van der Waals surface area (Å²) in [4.78, 5) is 40.1. The lowest BCUT2D eigenvalue weighted by atomic mass is 9.51. The molecular weight excluding hydrogens is 548 g/mol. The van der Waals surface area contributed by atoms with Crippen molar-refractivity contribution in [3.8, 4) is 5.75 Å². The van der Waals surface area contributed by atoms with Crippen molar-refractivity contribution in [2.45, 2.75) is 75.7 Å². The number of carbonyl (C=O) groups excluding carboxylic acids is 3. The second-order valence-corrected chi connectivity index (χ2v) is 12.9.